The first-order valence-electron chi connectivity index (χ1n) is 6.26. The molecule has 0 aliphatic rings. The smallest absolute Gasteiger partial charge is 0.275 e. The van der Waals surface area contributed by atoms with Gasteiger partial charge in [0.2, 0.25) is 0 Å². The molecule has 0 saturated heterocycles. The third-order valence-corrected chi connectivity index (χ3v) is 2.41. The molecule has 0 aliphatic carbocycles. The number of benzene rings is 1. The molecule has 19 heavy (non-hydrogen) atoms. The second-order valence-corrected chi connectivity index (χ2v) is 4.71. The van der Waals surface area contributed by atoms with Crippen molar-refractivity contribution < 1.29 is 9.66 Å². The Bertz CT molecular complexity index is 458. The summed E-state index contributed by atoms with van der Waals surface area (Å²) < 4.78 is 5.52. The van der Waals surface area contributed by atoms with Crippen molar-refractivity contribution in [2.45, 2.75) is 39.3 Å². The summed E-state index contributed by atoms with van der Waals surface area (Å²) >= 11 is 0. The van der Waals surface area contributed by atoms with E-state index in [-0.39, 0.29) is 17.8 Å². The van der Waals surface area contributed by atoms with Crippen LogP contribution >= 0.6 is 0 Å². The lowest BCUT2D eigenvalue weighted by molar-refractivity contribution is -0.384. The predicted octanol–water partition coefficient (Wildman–Crippen LogP) is 3.76. The van der Waals surface area contributed by atoms with Crippen molar-refractivity contribution in [3.05, 3.63) is 41.0 Å². The Kier molecular flexibility index (Phi) is 5.36. The van der Waals surface area contributed by atoms with Crippen LogP contribution in [-0.4, -0.2) is 17.1 Å². The molecule has 1 rings (SSSR count). The summed E-state index contributed by atoms with van der Waals surface area (Å²) in [6.45, 7) is 9.42. The Morgan fingerprint density at radius 1 is 1.42 bits per heavy atom. The van der Waals surface area contributed by atoms with Gasteiger partial charge in [-0.2, -0.15) is 0 Å². The second kappa shape index (κ2) is 6.78. The van der Waals surface area contributed by atoms with Gasteiger partial charge in [-0.3, -0.25) is 10.1 Å². The Morgan fingerprint density at radius 3 is 2.63 bits per heavy atom. The van der Waals surface area contributed by atoms with Crippen LogP contribution in [0.1, 0.15) is 27.2 Å². The van der Waals surface area contributed by atoms with Gasteiger partial charge < -0.3 is 10.1 Å². The van der Waals surface area contributed by atoms with E-state index >= 15 is 0 Å². The van der Waals surface area contributed by atoms with Gasteiger partial charge in [-0.15, -0.1) is 6.58 Å². The molecule has 0 spiro atoms. The Labute approximate surface area is 113 Å². The summed E-state index contributed by atoms with van der Waals surface area (Å²) in [5.74, 6) is 0.498. The number of nitro groups is 1. The Balaban J connectivity index is 2.98. The first-order valence-corrected chi connectivity index (χ1v) is 6.26. The van der Waals surface area contributed by atoms with Gasteiger partial charge in [0, 0.05) is 23.9 Å². The number of hydrogen-bond acceptors (Lipinski definition) is 4. The first kappa shape index (κ1) is 15.0. The predicted molar refractivity (Wildman–Crippen MR) is 76.8 cm³/mol. The Morgan fingerprint density at radius 2 is 2.11 bits per heavy atom. The van der Waals surface area contributed by atoms with E-state index in [1.54, 1.807) is 12.1 Å². The van der Waals surface area contributed by atoms with E-state index in [0.29, 0.717) is 11.4 Å². The van der Waals surface area contributed by atoms with Gasteiger partial charge in [-0.05, 0) is 27.2 Å². The summed E-state index contributed by atoms with van der Waals surface area (Å²) in [7, 11) is 0. The minimum absolute atomic E-state index is 0.0199. The normalized spacial score (nSPS) is 12.0. The van der Waals surface area contributed by atoms with Gasteiger partial charge in [0.05, 0.1) is 17.1 Å². The highest BCUT2D eigenvalue weighted by molar-refractivity contribution is 5.56. The fourth-order valence-corrected chi connectivity index (χ4v) is 1.71. The molecular formula is C14H20N2O3. The maximum absolute atomic E-state index is 10.9. The van der Waals surface area contributed by atoms with E-state index < -0.39 is 4.92 Å². The molecular weight excluding hydrogens is 244 g/mol. The van der Waals surface area contributed by atoms with Crippen LogP contribution in [0.2, 0.25) is 0 Å². The monoisotopic (exact) mass is 264 g/mol. The quantitative estimate of drug-likeness (QED) is 0.462. The van der Waals surface area contributed by atoms with Gasteiger partial charge in [-0.1, -0.05) is 6.08 Å². The van der Waals surface area contributed by atoms with Crippen molar-refractivity contribution in [1.82, 2.24) is 0 Å². The van der Waals surface area contributed by atoms with Crippen LogP contribution in [0.3, 0.4) is 0 Å². The summed E-state index contributed by atoms with van der Waals surface area (Å²) in [6.07, 6.45) is 2.56. The van der Waals surface area contributed by atoms with Crippen LogP contribution in [0.4, 0.5) is 11.4 Å². The lowest BCUT2D eigenvalue weighted by Crippen LogP contribution is -2.14. The van der Waals surface area contributed by atoms with Crippen molar-refractivity contribution in [3.8, 4) is 5.75 Å². The summed E-state index contributed by atoms with van der Waals surface area (Å²) in [4.78, 5) is 10.5. The van der Waals surface area contributed by atoms with Gasteiger partial charge in [0.1, 0.15) is 5.75 Å². The average Bonchev–Trinajstić information content (AvgIpc) is 2.27. The molecule has 0 radical (unpaired) electrons. The molecule has 1 atom stereocenters. The van der Waals surface area contributed by atoms with E-state index in [1.165, 1.54) is 12.1 Å². The van der Waals surface area contributed by atoms with Crippen molar-refractivity contribution >= 4 is 11.4 Å². The number of nitrogens with zero attached hydrogens (tertiary/aromatic N) is 1. The molecule has 1 aromatic carbocycles. The average molecular weight is 264 g/mol. The zero-order valence-corrected chi connectivity index (χ0v) is 11.6. The number of nitrogens with one attached hydrogen (secondary N) is 1. The number of hydrogen-bond donors (Lipinski definition) is 1. The third-order valence-electron chi connectivity index (χ3n) is 2.41. The van der Waals surface area contributed by atoms with E-state index in [1.807, 2.05) is 20.8 Å². The van der Waals surface area contributed by atoms with Crippen LogP contribution in [-0.2, 0) is 0 Å². The standard InChI is InChI=1S/C14H20N2O3/c1-5-6-11(4)15-12-7-13(16(17)18)9-14(8-12)19-10(2)3/h5,7-11,15H,1,6H2,2-4H3. The van der Waals surface area contributed by atoms with Gasteiger partial charge in [0.25, 0.3) is 5.69 Å². The van der Waals surface area contributed by atoms with Crippen molar-refractivity contribution in [2.75, 3.05) is 5.32 Å². The fourth-order valence-electron chi connectivity index (χ4n) is 1.71. The van der Waals surface area contributed by atoms with Crippen LogP contribution in [0.5, 0.6) is 5.75 Å². The molecule has 0 fully saturated rings. The van der Waals surface area contributed by atoms with Crippen molar-refractivity contribution in [1.29, 1.82) is 0 Å². The SMILES string of the molecule is C=CCC(C)Nc1cc(OC(C)C)cc([N+](=O)[O-])c1. The van der Waals surface area contributed by atoms with Gasteiger partial charge >= 0.3 is 0 Å². The number of ether oxygens (including phenoxy) is 1. The molecule has 1 N–H and O–H groups in total. The molecule has 5 nitrogen and oxygen atoms in total. The van der Waals surface area contributed by atoms with Gasteiger partial charge in [0.15, 0.2) is 0 Å². The molecule has 1 aromatic rings. The largest absolute Gasteiger partial charge is 0.491 e. The van der Waals surface area contributed by atoms with Crippen LogP contribution in [0.25, 0.3) is 0 Å². The lowest BCUT2D eigenvalue weighted by atomic mass is 10.2. The molecule has 0 aromatic heterocycles. The maximum atomic E-state index is 10.9. The van der Waals surface area contributed by atoms with E-state index in [4.69, 9.17) is 4.74 Å². The molecule has 0 heterocycles. The highest BCUT2D eigenvalue weighted by Crippen LogP contribution is 2.27. The zero-order valence-electron chi connectivity index (χ0n) is 11.6. The van der Waals surface area contributed by atoms with E-state index in [9.17, 15) is 10.1 Å². The van der Waals surface area contributed by atoms with E-state index in [0.717, 1.165) is 6.42 Å². The third kappa shape index (κ3) is 4.99. The van der Waals surface area contributed by atoms with Crippen LogP contribution in [0, 0.1) is 10.1 Å². The van der Waals surface area contributed by atoms with Crippen LogP contribution < -0.4 is 10.1 Å². The zero-order chi connectivity index (χ0) is 14.4. The molecule has 104 valence electrons. The highest BCUT2D eigenvalue weighted by Gasteiger charge is 2.12. The van der Waals surface area contributed by atoms with Crippen molar-refractivity contribution in [3.63, 3.8) is 0 Å². The summed E-state index contributed by atoms with van der Waals surface area (Å²) in [6, 6.07) is 4.87. The Hall–Kier alpha value is -2.04. The molecule has 0 aliphatic heterocycles. The lowest BCUT2D eigenvalue weighted by Gasteiger charge is -2.15. The summed E-state index contributed by atoms with van der Waals surface area (Å²) in [5.41, 5.74) is 0.700. The topological polar surface area (TPSA) is 64.4 Å². The number of nitro benzene ring substituents is 1. The number of non-ortho nitro benzene ring substituents is 1. The molecule has 5 heteroatoms. The number of anilines is 1. The summed E-state index contributed by atoms with van der Waals surface area (Å²) in [5, 5.41) is 14.1. The minimum atomic E-state index is -0.420. The fraction of sp³-hybridized carbons (Fsp3) is 0.429. The molecule has 0 bridgehead atoms. The second-order valence-electron chi connectivity index (χ2n) is 4.71. The van der Waals surface area contributed by atoms with Crippen LogP contribution in [0.15, 0.2) is 30.9 Å². The maximum Gasteiger partial charge on any atom is 0.275 e. The molecule has 0 saturated carbocycles. The van der Waals surface area contributed by atoms with Gasteiger partial charge in [-0.25, -0.2) is 0 Å². The minimum Gasteiger partial charge on any atom is -0.491 e. The van der Waals surface area contributed by atoms with Crippen molar-refractivity contribution in [2.24, 2.45) is 0 Å². The highest BCUT2D eigenvalue weighted by atomic mass is 16.6. The number of rotatable bonds is 7. The first-order chi connectivity index (χ1) is 8.92. The van der Waals surface area contributed by atoms with E-state index in [2.05, 4.69) is 11.9 Å². The molecule has 0 amide bonds. The molecule has 1 unspecified atom stereocenters.